The van der Waals surface area contributed by atoms with Gasteiger partial charge in [0, 0.05) is 10.4 Å². The lowest BCUT2D eigenvalue weighted by molar-refractivity contribution is 0.205. The SMILES string of the molecule is CC1CCC(C(C)(C)c2c(F)cccc2F)C(Br)C1. The molecule has 19 heavy (non-hydrogen) atoms. The number of benzene rings is 1. The van der Waals surface area contributed by atoms with E-state index in [9.17, 15) is 8.78 Å². The first-order valence-electron chi connectivity index (χ1n) is 6.92. The molecule has 1 saturated carbocycles. The molecule has 0 N–H and O–H groups in total. The number of halogens is 3. The quantitative estimate of drug-likeness (QED) is 0.633. The molecule has 0 saturated heterocycles. The minimum Gasteiger partial charge on any atom is -0.207 e. The lowest BCUT2D eigenvalue weighted by Crippen LogP contribution is -2.39. The van der Waals surface area contributed by atoms with Gasteiger partial charge in [0.05, 0.1) is 0 Å². The third-order valence-corrected chi connectivity index (χ3v) is 5.58. The maximum atomic E-state index is 14.0. The molecule has 0 aromatic heterocycles. The molecule has 1 aliphatic carbocycles. The van der Waals surface area contributed by atoms with E-state index in [4.69, 9.17) is 0 Å². The summed E-state index contributed by atoms with van der Waals surface area (Å²) >= 11 is 3.73. The van der Waals surface area contributed by atoms with E-state index in [1.54, 1.807) is 0 Å². The highest BCUT2D eigenvalue weighted by atomic mass is 79.9. The largest absolute Gasteiger partial charge is 0.207 e. The van der Waals surface area contributed by atoms with Gasteiger partial charge in [0.2, 0.25) is 0 Å². The molecule has 0 bridgehead atoms. The number of rotatable bonds is 2. The van der Waals surface area contributed by atoms with Gasteiger partial charge in [-0.1, -0.05) is 49.2 Å². The Morgan fingerprint density at radius 3 is 2.26 bits per heavy atom. The summed E-state index contributed by atoms with van der Waals surface area (Å²) in [5, 5.41) is 0. The monoisotopic (exact) mass is 330 g/mol. The smallest absolute Gasteiger partial charge is 0.129 e. The topological polar surface area (TPSA) is 0 Å². The summed E-state index contributed by atoms with van der Waals surface area (Å²) in [5.74, 6) is 0.0867. The Labute approximate surface area is 122 Å². The molecule has 1 aliphatic rings. The van der Waals surface area contributed by atoms with Crippen molar-refractivity contribution in [1.29, 1.82) is 0 Å². The van der Waals surface area contributed by atoms with Crippen LogP contribution < -0.4 is 0 Å². The Balaban J connectivity index is 2.36. The Morgan fingerprint density at radius 2 is 1.74 bits per heavy atom. The number of hydrogen-bond acceptors (Lipinski definition) is 0. The van der Waals surface area contributed by atoms with E-state index in [1.807, 2.05) is 13.8 Å². The van der Waals surface area contributed by atoms with Crippen LogP contribution in [0, 0.1) is 23.5 Å². The van der Waals surface area contributed by atoms with Crippen molar-refractivity contribution in [3.8, 4) is 0 Å². The summed E-state index contributed by atoms with van der Waals surface area (Å²) in [7, 11) is 0. The van der Waals surface area contributed by atoms with Crippen LogP contribution in [0.2, 0.25) is 0 Å². The Bertz CT molecular complexity index is 436. The van der Waals surface area contributed by atoms with Crippen molar-refractivity contribution in [2.75, 3.05) is 0 Å². The van der Waals surface area contributed by atoms with Crippen LogP contribution in [-0.2, 0) is 5.41 Å². The molecule has 106 valence electrons. The molecule has 0 amide bonds. The molecule has 1 fully saturated rings. The molecule has 3 unspecified atom stereocenters. The predicted octanol–water partition coefficient (Wildman–Crippen LogP) is 5.44. The first-order valence-corrected chi connectivity index (χ1v) is 7.84. The van der Waals surface area contributed by atoms with Gasteiger partial charge in [-0.2, -0.15) is 0 Å². The molecule has 3 heteroatoms. The number of hydrogen-bond donors (Lipinski definition) is 0. The standard InChI is InChI=1S/C16H21BrF2/c1-10-7-8-11(12(17)9-10)16(2,3)15-13(18)5-4-6-14(15)19/h4-6,10-12H,7-9H2,1-3H3. The van der Waals surface area contributed by atoms with Crippen LogP contribution in [0.5, 0.6) is 0 Å². The van der Waals surface area contributed by atoms with Crippen molar-refractivity contribution in [3.63, 3.8) is 0 Å². The maximum Gasteiger partial charge on any atom is 0.129 e. The molecule has 0 radical (unpaired) electrons. The maximum absolute atomic E-state index is 14.0. The van der Waals surface area contributed by atoms with Gasteiger partial charge in [0.1, 0.15) is 11.6 Å². The zero-order valence-electron chi connectivity index (χ0n) is 11.7. The van der Waals surface area contributed by atoms with Gasteiger partial charge in [-0.3, -0.25) is 0 Å². The minimum atomic E-state index is -0.496. The molecule has 0 spiro atoms. The third-order valence-electron chi connectivity index (χ3n) is 4.57. The van der Waals surface area contributed by atoms with Crippen LogP contribution in [0.4, 0.5) is 8.78 Å². The lowest BCUT2D eigenvalue weighted by atomic mass is 9.65. The van der Waals surface area contributed by atoms with Gasteiger partial charge in [0.15, 0.2) is 0 Å². The highest BCUT2D eigenvalue weighted by Gasteiger charge is 2.41. The van der Waals surface area contributed by atoms with E-state index in [1.165, 1.54) is 18.2 Å². The molecule has 1 aromatic carbocycles. The van der Waals surface area contributed by atoms with Crippen LogP contribution in [0.15, 0.2) is 18.2 Å². The first kappa shape index (κ1) is 15.0. The summed E-state index contributed by atoms with van der Waals surface area (Å²) in [4.78, 5) is 0.324. The summed E-state index contributed by atoms with van der Waals surface area (Å²) in [5.41, 5.74) is -0.261. The van der Waals surface area contributed by atoms with Crippen LogP contribution in [0.3, 0.4) is 0 Å². The summed E-state index contributed by atoms with van der Waals surface area (Å²) in [6.45, 7) is 6.16. The Morgan fingerprint density at radius 1 is 1.16 bits per heavy atom. The molecular formula is C16H21BrF2. The molecule has 0 nitrogen and oxygen atoms in total. The van der Waals surface area contributed by atoms with E-state index < -0.39 is 17.0 Å². The predicted molar refractivity (Wildman–Crippen MR) is 78.6 cm³/mol. The van der Waals surface area contributed by atoms with Crippen molar-refractivity contribution in [1.82, 2.24) is 0 Å². The highest BCUT2D eigenvalue weighted by molar-refractivity contribution is 9.09. The van der Waals surface area contributed by atoms with E-state index in [2.05, 4.69) is 22.9 Å². The van der Waals surface area contributed by atoms with Gasteiger partial charge in [-0.05, 0) is 42.2 Å². The van der Waals surface area contributed by atoms with Crippen molar-refractivity contribution >= 4 is 15.9 Å². The summed E-state index contributed by atoms with van der Waals surface area (Å²) in [6, 6.07) is 4.14. The third kappa shape index (κ3) is 2.86. The van der Waals surface area contributed by atoms with Crippen LogP contribution >= 0.6 is 15.9 Å². The van der Waals surface area contributed by atoms with Gasteiger partial charge in [0.25, 0.3) is 0 Å². The summed E-state index contributed by atoms with van der Waals surface area (Å²) in [6.07, 6.45) is 3.22. The molecule has 0 aliphatic heterocycles. The van der Waals surface area contributed by atoms with Crippen LogP contribution in [0.25, 0.3) is 0 Å². The second-order valence-corrected chi connectivity index (χ2v) is 7.54. The van der Waals surface area contributed by atoms with Gasteiger partial charge in [-0.15, -0.1) is 0 Å². The second-order valence-electron chi connectivity index (χ2n) is 6.36. The van der Waals surface area contributed by atoms with Crippen molar-refractivity contribution in [2.45, 2.75) is 50.3 Å². The normalized spacial score (nSPS) is 28.4. The average molecular weight is 331 g/mol. The molecule has 1 aromatic rings. The summed E-state index contributed by atoms with van der Waals surface area (Å²) < 4.78 is 28.1. The van der Waals surface area contributed by atoms with Gasteiger partial charge in [-0.25, -0.2) is 8.78 Å². The Kier molecular flexibility index (Phi) is 4.34. The van der Waals surface area contributed by atoms with E-state index in [0.717, 1.165) is 19.3 Å². The van der Waals surface area contributed by atoms with E-state index in [-0.39, 0.29) is 11.5 Å². The highest BCUT2D eigenvalue weighted by Crippen LogP contribution is 2.46. The van der Waals surface area contributed by atoms with Gasteiger partial charge >= 0.3 is 0 Å². The van der Waals surface area contributed by atoms with Crippen molar-refractivity contribution in [2.24, 2.45) is 11.8 Å². The number of alkyl halides is 1. The van der Waals surface area contributed by atoms with E-state index in [0.29, 0.717) is 10.7 Å². The van der Waals surface area contributed by atoms with Gasteiger partial charge < -0.3 is 0 Å². The fourth-order valence-electron chi connectivity index (χ4n) is 3.42. The molecular weight excluding hydrogens is 310 g/mol. The fraction of sp³-hybridized carbons (Fsp3) is 0.625. The lowest BCUT2D eigenvalue weighted by Gasteiger charge is -2.42. The Hall–Kier alpha value is -0.440. The van der Waals surface area contributed by atoms with Crippen molar-refractivity contribution in [3.05, 3.63) is 35.4 Å². The second kappa shape index (κ2) is 5.51. The van der Waals surface area contributed by atoms with Crippen LogP contribution in [-0.4, -0.2) is 4.83 Å². The zero-order valence-corrected chi connectivity index (χ0v) is 13.3. The van der Waals surface area contributed by atoms with Crippen molar-refractivity contribution < 1.29 is 8.78 Å². The average Bonchev–Trinajstić information content (AvgIpc) is 2.27. The molecule has 2 rings (SSSR count). The zero-order chi connectivity index (χ0) is 14.2. The molecule has 0 heterocycles. The van der Waals surface area contributed by atoms with Crippen LogP contribution in [0.1, 0.15) is 45.6 Å². The first-order chi connectivity index (χ1) is 8.84. The fourth-order valence-corrected chi connectivity index (χ4v) is 4.99. The van der Waals surface area contributed by atoms with E-state index >= 15 is 0 Å². The minimum absolute atomic E-state index is 0.235. The molecule has 3 atom stereocenters.